The van der Waals surface area contributed by atoms with Crippen LogP contribution in [0.25, 0.3) is 11.0 Å². The molecule has 1 aromatic heterocycles. The molecule has 2 bridgehead atoms. The number of aromatic nitrogens is 2. The third-order valence-electron chi connectivity index (χ3n) is 6.15. The first kappa shape index (κ1) is 17.7. The molecular weight excluding hydrogens is 368 g/mol. The summed E-state index contributed by atoms with van der Waals surface area (Å²) >= 11 is 0. The van der Waals surface area contributed by atoms with Gasteiger partial charge in [0.1, 0.15) is 11.7 Å². The third kappa shape index (κ3) is 2.68. The molecule has 0 saturated carbocycles. The Bertz CT molecular complexity index is 1120. The van der Waals surface area contributed by atoms with E-state index in [-0.39, 0.29) is 11.8 Å². The maximum absolute atomic E-state index is 13.3. The highest BCUT2D eigenvalue weighted by Gasteiger charge is 2.55. The van der Waals surface area contributed by atoms with Crippen LogP contribution in [0.5, 0.6) is 5.75 Å². The van der Waals surface area contributed by atoms with E-state index >= 15 is 0 Å². The molecule has 1 saturated heterocycles. The number of carbonyl (C=O) groups is 2. The van der Waals surface area contributed by atoms with Crippen LogP contribution in [0.4, 0.5) is 0 Å². The minimum Gasteiger partial charge on any atom is -0.468 e. The largest absolute Gasteiger partial charge is 0.468 e. The van der Waals surface area contributed by atoms with Gasteiger partial charge in [-0.25, -0.2) is 4.98 Å². The van der Waals surface area contributed by atoms with Crippen molar-refractivity contribution < 1.29 is 14.3 Å². The molecule has 2 amide bonds. The van der Waals surface area contributed by atoms with Crippen LogP contribution in [0.1, 0.15) is 24.8 Å². The molecule has 0 radical (unpaired) electrons. The fourth-order valence-corrected chi connectivity index (χ4v) is 4.78. The lowest BCUT2D eigenvalue weighted by Crippen LogP contribution is -2.65. The van der Waals surface area contributed by atoms with Crippen molar-refractivity contribution >= 4 is 22.8 Å². The van der Waals surface area contributed by atoms with Gasteiger partial charge in [0.2, 0.25) is 11.8 Å². The number of rotatable bonds is 4. The number of ether oxygens (including phenoxy) is 1. The monoisotopic (exact) mass is 390 g/mol. The third-order valence-corrected chi connectivity index (χ3v) is 6.15. The Kier molecular flexibility index (Phi) is 3.87. The van der Waals surface area contributed by atoms with E-state index in [1.165, 1.54) is 0 Å². The Labute approximate surface area is 168 Å². The van der Waals surface area contributed by atoms with Crippen molar-refractivity contribution in [2.45, 2.75) is 31.5 Å². The van der Waals surface area contributed by atoms with E-state index in [0.717, 1.165) is 16.6 Å². The van der Waals surface area contributed by atoms with E-state index in [4.69, 9.17) is 10.5 Å². The van der Waals surface area contributed by atoms with Gasteiger partial charge in [0.15, 0.2) is 5.72 Å². The van der Waals surface area contributed by atoms with Gasteiger partial charge in [-0.3, -0.25) is 9.59 Å². The van der Waals surface area contributed by atoms with Crippen molar-refractivity contribution in [1.82, 2.24) is 14.5 Å². The number of fused-ring (bicyclic) bond motifs is 5. The summed E-state index contributed by atoms with van der Waals surface area (Å²) < 4.78 is 8.29. The van der Waals surface area contributed by atoms with Crippen LogP contribution in [0, 0.1) is 5.92 Å². The number of imidazole rings is 1. The normalized spacial score (nSPS) is 25.6. The lowest BCUT2D eigenvalue weighted by molar-refractivity contribution is -0.175. The SMILES string of the molecule is CC12CC(c3ccccc3O1)C(C(N)=O)C(=O)N2CCn1cnc2ccccc21. The number of piperidine rings is 1. The molecule has 2 aliphatic heterocycles. The minimum atomic E-state index is -0.882. The summed E-state index contributed by atoms with van der Waals surface area (Å²) in [6.07, 6.45) is 2.31. The van der Waals surface area contributed by atoms with E-state index < -0.39 is 17.6 Å². The van der Waals surface area contributed by atoms with Crippen LogP contribution >= 0.6 is 0 Å². The summed E-state index contributed by atoms with van der Waals surface area (Å²) in [4.78, 5) is 31.7. The van der Waals surface area contributed by atoms with Gasteiger partial charge < -0.3 is 19.9 Å². The van der Waals surface area contributed by atoms with Gasteiger partial charge in [-0.05, 0) is 30.7 Å². The Morgan fingerprint density at radius 3 is 2.79 bits per heavy atom. The van der Waals surface area contributed by atoms with E-state index in [0.29, 0.717) is 25.3 Å². The lowest BCUT2D eigenvalue weighted by atomic mass is 9.73. The number of likely N-dealkylation sites (tertiary alicyclic amines) is 1. The second-order valence-corrected chi connectivity index (χ2v) is 7.92. The molecule has 7 nitrogen and oxygen atoms in total. The lowest BCUT2D eigenvalue weighted by Gasteiger charge is -2.52. The molecule has 3 heterocycles. The molecule has 7 heteroatoms. The van der Waals surface area contributed by atoms with Crippen LogP contribution < -0.4 is 10.5 Å². The number of nitrogens with two attached hydrogens (primary N) is 1. The number of nitrogens with zero attached hydrogens (tertiary/aromatic N) is 3. The molecule has 2 N–H and O–H groups in total. The summed E-state index contributed by atoms with van der Waals surface area (Å²) in [7, 11) is 0. The van der Waals surface area contributed by atoms with E-state index in [1.807, 2.05) is 60.0 Å². The first-order chi connectivity index (χ1) is 14.0. The highest BCUT2D eigenvalue weighted by Crippen LogP contribution is 2.49. The van der Waals surface area contributed by atoms with Gasteiger partial charge in [-0.1, -0.05) is 30.3 Å². The van der Waals surface area contributed by atoms with Gasteiger partial charge in [0.25, 0.3) is 0 Å². The van der Waals surface area contributed by atoms with E-state index in [9.17, 15) is 9.59 Å². The number of carbonyl (C=O) groups excluding carboxylic acids is 2. The van der Waals surface area contributed by atoms with Gasteiger partial charge in [0.05, 0.1) is 17.4 Å². The molecule has 2 aliphatic rings. The summed E-state index contributed by atoms with van der Waals surface area (Å²) in [5.41, 5.74) is 7.64. The number of hydrogen-bond acceptors (Lipinski definition) is 4. The van der Waals surface area contributed by atoms with Gasteiger partial charge in [0, 0.05) is 25.4 Å². The average molecular weight is 390 g/mol. The summed E-state index contributed by atoms with van der Waals surface area (Å²) in [6.45, 7) is 2.86. The fourth-order valence-electron chi connectivity index (χ4n) is 4.78. The first-order valence-corrected chi connectivity index (χ1v) is 9.76. The molecular formula is C22H22N4O3. The van der Waals surface area contributed by atoms with Crippen LogP contribution in [0.15, 0.2) is 54.9 Å². The molecule has 148 valence electrons. The number of hydrogen-bond donors (Lipinski definition) is 1. The van der Waals surface area contributed by atoms with Crippen molar-refractivity contribution in [1.29, 1.82) is 0 Å². The van der Waals surface area contributed by atoms with Crippen LogP contribution in [0.2, 0.25) is 0 Å². The van der Waals surface area contributed by atoms with E-state index in [2.05, 4.69) is 4.98 Å². The second-order valence-electron chi connectivity index (χ2n) is 7.92. The zero-order chi connectivity index (χ0) is 20.2. The zero-order valence-corrected chi connectivity index (χ0v) is 16.1. The van der Waals surface area contributed by atoms with Crippen molar-refractivity contribution in [2.75, 3.05) is 6.54 Å². The Morgan fingerprint density at radius 2 is 1.97 bits per heavy atom. The fraction of sp³-hybridized carbons (Fsp3) is 0.318. The first-order valence-electron chi connectivity index (χ1n) is 9.76. The number of primary amides is 1. The Hall–Kier alpha value is -3.35. The predicted molar refractivity (Wildman–Crippen MR) is 107 cm³/mol. The second kappa shape index (κ2) is 6.34. The molecule has 3 aromatic rings. The molecule has 0 spiro atoms. The number of para-hydroxylation sites is 3. The van der Waals surface area contributed by atoms with Crippen LogP contribution in [0.3, 0.4) is 0 Å². The predicted octanol–water partition coefficient (Wildman–Crippen LogP) is 2.26. The van der Waals surface area contributed by atoms with Crippen molar-refractivity contribution in [3.8, 4) is 5.75 Å². The average Bonchev–Trinajstić information content (AvgIpc) is 3.10. The minimum absolute atomic E-state index is 0.264. The molecule has 3 atom stereocenters. The maximum atomic E-state index is 13.3. The molecule has 29 heavy (non-hydrogen) atoms. The number of benzene rings is 2. The zero-order valence-electron chi connectivity index (χ0n) is 16.1. The molecule has 1 fully saturated rings. The highest BCUT2D eigenvalue weighted by molar-refractivity contribution is 6.01. The van der Waals surface area contributed by atoms with Gasteiger partial charge in [-0.15, -0.1) is 0 Å². The Morgan fingerprint density at radius 1 is 1.21 bits per heavy atom. The molecule has 0 aliphatic carbocycles. The summed E-state index contributed by atoms with van der Waals surface area (Å²) in [6, 6.07) is 15.4. The standard InChI is InChI=1S/C22H22N4O3/c1-22-12-15(14-6-2-5-9-18(14)29-22)19(20(23)27)21(28)26(22)11-10-25-13-24-16-7-3-4-8-17(16)25/h2-9,13,15,19H,10-12H2,1H3,(H2,23,27). The van der Waals surface area contributed by atoms with Gasteiger partial charge in [-0.2, -0.15) is 0 Å². The summed E-state index contributed by atoms with van der Waals surface area (Å²) in [5.74, 6) is -1.29. The highest BCUT2D eigenvalue weighted by atomic mass is 16.5. The Balaban J connectivity index is 1.50. The van der Waals surface area contributed by atoms with Crippen molar-refractivity contribution in [3.63, 3.8) is 0 Å². The molecule has 3 unspecified atom stereocenters. The van der Waals surface area contributed by atoms with Gasteiger partial charge >= 0.3 is 0 Å². The number of amides is 2. The van der Waals surface area contributed by atoms with Crippen molar-refractivity contribution in [2.24, 2.45) is 11.7 Å². The van der Waals surface area contributed by atoms with E-state index in [1.54, 1.807) is 11.2 Å². The summed E-state index contributed by atoms with van der Waals surface area (Å²) in [5, 5.41) is 0. The smallest absolute Gasteiger partial charge is 0.238 e. The maximum Gasteiger partial charge on any atom is 0.238 e. The molecule has 5 rings (SSSR count). The van der Waals surface area contributed by atoms with Crippen molar-refractivity contribution in [3.05, 3.63) is 60.4 Å². The van der Waals surface area contributed by atoms with Crippen LogP contribution in [-0.2, 0) is 16.1 Å². The molecule has 2 aromatic carbocycles. The quantitative estimate of drug-likeness (QED) is 0.692. The topological polar surface area (TPSA) is 90.5 Å². The van der Waals surface area contributed by atoms with Crippen LogP contribution in [-0.4, -0.2) is 38.5 Å².